The third-order valence-electron chi connectivity index (χ3n) is 3.81. The number of aliphatic imine (C=N–C) groups is 2. The number of aliphatic hydroxyl groups is 3. The van der Waals surface area contributed by atoms with E-state index in [4.69, 9.17) is 25.0 Å². The van der Waals surface area contributed by atoms with Crippen LogP contribution in [0.3, 0.4) is 0 Å². The van der Waals surface area contributed by atoms with Crippen LogP contribution in [0.15, 0.2) is 9.98 Å². The van der Waals surface area contributed by atoms with Crippen LogP contribution in [-0.2, 0) is 13.9 Å². The first-order chi connectivity index (χ1) is 11.2. The molecule has 14 heteroatoms. The first-order valence-corrected chi connectivity index (χ1v) is 8.35. The van der Waals surface area contributed by atoms with Crippen LogP contribution in [0.4, 0.5) is 0 Å². The van der Waals surface area contributed by atoms with Gasteiger partial charge in [-0.2, -0.15) is 4.62 Å². The number of hydrogen-bond acceptors (Lipinski definition) is 10. The number of aliphatic hydroxyl groups excluding tert-OH is 3. The highest BCUT2D eigenvalue weighted by atomic mass is 31.2. The van der Waals surface area contributed by atoms with Gasteiger partial charge in [0.05, 0.1) is 12.9 Å². The summed E-state index contributed by atoms with van der Waals surface area (Å²) >= 11 is 0. The summed E-state index contributed by atoms with van der Waals surface area (Å²) in [5.41, 5.74) is 0. The second-order valence-electron chi connectivity index (χ2n) is 5.36. The molecule has 6 N–H and O–H groups in total. The summed E-state index contributed by atoms with van der Waals surface area (Å²) in [6.45, 7) is -0.534. The molecule has 1 fully saturated rings. The number of ether oxygens (including phenoxy) is 1. The van der Waals surface area contributed by atoms with E-state index in [0.717, 1.165) is 6.34 Å². The van der Waals surface area contributed by atoms with E-state index in [1.54, 1.807) is 0 Å². The maximum absolute atomic E-state index is 11.1. The molecule has 0 aromatic rings. The van der Waals surface area contributed by atoms with E-state index >= 15 is 0 Å². The van der Waals surface area contributed by atoms with Crippen molar-refractivity contribution in [2.24, 2.45) is 9.98 Å². The number of amidine groups is 1. The monoisotopic (exact) mass is 365 g/mol. The molecule has 3 aliphatic heterocycles. The fraction of sp³-hybridized carbons (Fsp3) is 0.700. The highest BCUT2D eigenvalue weighted by molar-refractivity contribution is 7.46. The topological polar surface area (TPSA) is 192 Å². The maximum Gasteiger partial charge on any atom is 0.491 e. The highest BCUT2D eigenvalue weighted by Crippen LogP contribution is 2.40. The largest absolute Gasteiger partial charge is 0.491 e. The van der Waals surface area contributed by atoms with Gasteiger partial charge in [0.2, 0.25) is 0 Å². The standard InChI is InChI=1S/C10H16N5O8P/c11-8-5-9(15(3-13-8)23-24(19,20)21)14(2-12-5)10-7(18)6(17)4(1-16)22-10/h2-7,9-11,16-18H,1H2,(H2,19,20,21)/t4-,5?,6-,7-,9?,10-/m1/s1. The molecular weight excluding hydrogens is 349 g/mol. The van der Waals surface area contributed by atoms with Crippen LogP contribution in [0.1, 0.15) is 0 Å². The van der Waals surface area contributed by atoms with E-state index < -0.39 is 51.2 Å². The molecule has 134 valence electrons. The number of hydrogen-bond donors (Lipinski definition) is 6. The van der Waals surface area contributed by atoms with Gasteiger partial charge in [0.1, 0.15) is 24.7 Å². The van der Waals surface area contributed by atoms with E-state index in [0.29, 0.717) is 5.06 Å². The maximum atomic E-state index is 11.1. The molecule has 2 unspecified atom stereocenters. The van der Waals surface area contributed by atoms with Gasteiger partial charge in [-0.05, 0) is 0 Å². The van der Waals surface area contributed by atoms with Crippen molar-refractivity contribution >= 4 is 26.3 Å². The lowest BCUT2D eigenvalue weighted by molar-refractivity contribution is -0.140. The van der Waals surface area contributed by atoms with Crippen LogP contribution in [0.2, 0.25) is 0 Å². The lowest BCUT2D eigenvalue weighted by atomic mass is 10.1. The quantitative estimate of drug-likeness (QED) is 0.277. The van der Waals surface area contributed by atoms with E-state index in [1.165, 1.54) is 11.2 Å². The number of nitrogens with zero attached hydrogens (tertiary/aromatic N) is 4. The van der Waals surface area contributed by atoms with Crippen molar-refractivity contribution < 1.29 is 39.0 Å². The van der Waals surface area contributed by atoms with Crippen molar-refractivity contribution in [3.8, 4) is 0 Å². The molecule has 0 amide bonds. The van der Waals surface area contributed by atoms with Gasteiger partial charge in [-0.25, -0.2) is 14.6 Å². The molecule has 0 saturated carbocycles. The smallest absolute Gasteiger partial charge is 0.394 e. The minimum atomic E-state index is -4.92. The van der Waals surface area contributed by atoms with Gasteiger partial charge in [-0.15, -0.1) is 0 Å². The SMILES string of the molecule is N=C1N=CN(OP(=O)(O)O)C2C1N=CN2[C@@H]1O[C@H](CO)[C@@H](O)[C@H]1O. The van der Waals surface area contributed by atoms with Crippen molar-refractivity contribution in [1.82, 2.24) is 9.96 Å². The lowest BCUT2D eigenvalue weighted by Crippen LogP contribution is -2.58. The van der Waals surface area contributed by atoms with E-state index in [-0.39, 0.29) is 5.84 Å². The predicted molar refractivity (Wildman–Crippen MR) is 76.9 cm³/mol. The first-order valence-electron chi connectivity index (χ1n) is 6.82. The molecule has 13 nitrogen and oxygen atoms in total. The Morgan fingerprint density at radius 1 is 1.33 bits per heavy atom. The Hall–Kier alpha value is -1.44. The lowest BCUT2D eigenvalue weighted by Gasteiger charge is -2.39. The molecule has 0 spiro atoms. The molecule has 0 radical (unpaired) electrons. The van der Waals surface area contributed by atoms with Gasteiger partial charge >= 0.3 is 7.82 Å². The molecule has 3 rings (SSSR count). The van der Waals surface area contributed by atoms with E-state index in [9.17, 15) is 14.8 Å². The fourth-order valence-corrected chi connectivity index (χ4v) is 3.12. The summed E-state index contributed by atoms with van der Waals surface area (Å²) < 4.78 is 21.0. The fourth-order valence-electron chi connectivity index (χ4n) is 2.74. The molecule has 0 aromatic heterocycles. The Morgan fingerprint density at radius 2 is 2.04 bits per heavy atom. The summed E-state index contributed by atoms with van der Waals surface area (Å²) in [4.78, 5) is 26.9. The van der Waals surface area contributed by atoms with Gasteiger partial charge in [0.25, 0.3) is 0 Å². The van der Waals surface area contributed by atoms with Crippen molar-refractivity contribution in [2.45, 2.75) is 36.7 Å². The zero-order valence-electron chi connectivity index (χ0n) is 12.0. The molecule has 0 aromatic carbocycles. The van der Waals surface area contributed by atoms with Gasteiger partial charge in [-0.1, -0.05) is 0 Å². The van der Waals surface area contributed by atoms with Crippen LogP contribution < -0.4 is 0 Å². The van der Waals surface area contributed by atoms with Crippen LogP contribution in [0.25, 0.3) is 0 Å². The molecule has 6 atom stereocenters. The van der Waals surface area contributed by atoms with Crippen LogP contribution in [0.5, 0.6) is 0 Å². The number of phosphoric acid groups is 1. The number of hydroxylamine groups is 2. The highest BCUT2D eigenvalue weighted by Gasteiger charge is 2.52. The Morgan fingerprint density at radius 3 is 2.62 bits per heavy atom. The van der Waals surface area contributed by atoms with Crippen molar-refractivity contribution in [1.29, 1.82) is 5.41 Å². The Kier molecular flexibility index (Phi) is 4.44. The number of nitrogens with one attached hydrogen (secondary N) is 1. The summed E-state index contributed by atoms with van der Waals surface area (Å²) in [6.07, 6.45) is -3.94. The molecule has 3 aliphatic rings. The summed E-state index contributed by atoms with van der Waals surface area (Å²) in [5.74, 6) is -0.184. The predicted octanol–water partition coefficient (Wildman–Crippen LogP) is -3.19. The van der Waals surface area contributed by atoms with Crippen molar-refractivity contribution in [3.63, 3.8) is 0 Å². The van der Waals surface area contributed by atoms with E-state index in [1.807, 2.05) is 0 Å². The number of rotatable bonds is 4. The molecule has 3 heterocycles. The van der Waals surface area contributed by atoms with Gasteiger partial charge in [-0.3, -0.25) is 10.4 Å². The Labute approximate surface area is 135 Å². The minimum absolute atomic E-state index is 0.184. The number of fused-ring (bicyclic) bond motifs is 1. The van der Waals surface area contributed by atoms with Gasteiger partial charge in [0.15, 0.2) is 24.3 Å². The van der Waals surface area contributed by atoms with Crippen LogP contribution >= 0.6 is 7.82 Å². The molecule has 1 saturated heterocycles. The second kappa shape index (κ2) is 6.13. The normalized spacial score (nSPS) is 39.0. The molecular formula is C10H16N5O8P. The van der Waals surface area contributed by atoms with Gasteiger partial charge in [0, 0.05) is 0 Å². The third kappa shape index (κ3) is 2.96. The summed E-state index contributed by atoms with van der Waals surface area (Å²) in [5, 5.41) is 37.6. The zero-order chi connectivity index (χ0) is 17.6. The van der Waals surface area contributed by atoms with E-state index in [2.05, 4.69) is 14.6 Å². The average molecular weight is 365 g/mol. The molecule has 0 aliphatic carbocycles. The van der Waals surface area contributed by atoms with Gasteiger partial charge < -0.3 is 34.7 Å². The van der Waals surface area contributed by atoms with Crippen LogP contribution in [0, 0.1) is 5.41 Å². The Balaban J connectivity index is 1.87. The Bertz CT molecular complexity index is 624. The zero-order valence-corrected chi connectivity index (χ0v) is 12.9. The summed E-state index contributed by atoms with van der Waals surface area (Å²) in [7, 11) is -4.92. The average Bonchev–Trinajstić information content (AvgIpc) is 3.05. The summed E-state index contributed by atoms with van der Waals surface area (Å²) in [6, 6.07) is -0.942. The first kappa shape index (κ1) is 17.4. The van der Waals surface area contributed by atoms with Crippen molar-refractivity contribution in [3.05, 3.63) is 0 Å². The third-order valence-corrected chi connectivity index (χ3v) is 4.21. The van der Waals surface area contributed by atoms with Crippen molar-refractivity contribution in [2.75, 3.05) is 6.61 Å². The molecule has 24 heavy (non-hydrogen) atoms. The van der Waals surface area contributed by atoms with Crippen LogP contribution in [-0.4, -0.2) is 96.9 Å². The second-order valence-corrected chi connectivity index (χ2v) is 6.51. The molecule has 0 bridgehead atoms. The minimum Gasteiger partial charge on any atom is -0.394 e.